The Labute approximate surface area is 163 Å². The Kier molecular flexibility index (Phi) is 9.98. The van der Waals surface area contributed by atoms with E-state index in [2.05, 4.69) is 13.5 Å². The first-order chi connectivity index (χ1) is 12.9. The molecule has 27 heavy (non-hydrogen) atoms. The smallest absolute Gasteiger partial charge is 0.305 e. The van der Waals surface area contributed by atoms with E-state index < -0.39 is 0 Å². The Morgan fingerprint density at radius 3 is 2.41 bits per heavy atom. The van der Waals surface area contributed by atoms with E-state index in [9.17, 15) is 9.18 Å². The van der Waals surface area contributed by atoms with E-state index in [4.69, 9.17) is 9.73 Å². The second kappa shape index (κ2) is 11.7. The maximum atomic E-state index is 13.5. The van der Waals surface area contributed by atoms with Crippen LogP contribution >= 0.6 is 0 Å². The molecule has 0 aromatic heterocycles. The number of esters is 1. The van der Waals surface area contributed by atoms with Crippen molar-refractivity contribution in [1.82, 2.24) is 0 Å². The van der Waals surface area contributed by atoms with Crippen LogP contribution in [0.15, 0.2) is 29.8 Å². The van der Waals surface area contributed by atoms with Gasteiger partial charge in [-0.3, -0.25) is 9.79 Å². The van der Waals surface area contributed by atoms with Gasteiger partial charge < -0.3 is 4.74 Å². The molecule has 1 aliphatic rings. The van der Waals surface area contributed by atoms with Crippen LogP contribution < -0.4 is 0 Å². The van der Waals surface area contributed by atoms with Crippen LogP contribution in [0.25, 0.3) is 5.70 Å². The van der Waals surface area contributed by atoms with E-state index in [1.165, 1.54) is 26.0 Å². The summed E-state index contributed by atoms with van der Waals surface area (Å²) < 4.78 is 18.2. The summed E-state index contributed by atoms with van der Waals surface area (Å²) in [7, 11) is 1.40. The predicted molar refractivity (Wildman–Crippen MR) is 111 cm³/mol. The van der Waals surface area contributed by atoms with E-state index in [-0.39, 0.29) is 11.8 Å². The Hall–Kier alpha value is -1.97. The summed E-state index contributed by atoms with van der Waals surface area (Å²) in [4.78, 5) is 16.3. The summed E-state index contributed by atoms with van der Waals surface area (Å²) in [5.41, 5.74) is 3.04. The fourth-order valence-corrected chi connectivity index (χ4v) is 3.34. The summed E-state index contributed by atoms with van der Waals surface area (Å²) in [5.74, 6) is 0.688. The highest BCUT2D eigenvalue weighted by atomic mass is 19.1. The molecule has 0 N–H and O–H groups in total. The van der Waals surface area contributed by atoms with Crippen LogP contribution in [0.4, 0.5) is 4.39 Å². The standard InChI is InChI=1S/C21H28FNO2.C2H6/c1-14-5-7-17(8-6-14)20(11-12-21(24)25-4)23-16(3)18-9-10-19(22)15(2)13-18;1-2/h9-10,13-14,17H,3,5-8,11-12H2,1-2,4H3;1-2H3. The summed E-state index contributed by atoms with van der Waals surface area (Å²) in [5, 5.41) is 0. The lowest BCUT2D eigenvalue weighted by atomic mass is 9.79. The van der Waals surface area contributed by atoms with Gasteiger partial charge in [-0.15, -0.1) is 0 Å². The molecule has 1 aromatic carbocycles. The van der Waals surface area contributed by atoms with Gasteiger partial charge in [-0.05, 0) is 67.3 Å². The molecule has 0 radical (unpaired) electrons. The highest BCUT2D eigenvalue weighted by Crippen LogP contribution is 2.31. The molecule has 4 heteroatoms. The van der Waals surface area contributed by atoms with Crippen LogP contribution in [-0.2, 0) is 9.53 Å². The minimum absolute atomic E-state index is 0.222. The van der Waals surface area contributed by atoms with E-state index in [0.717, 1.165) is 30.0 Å². The number of ether oxygens (including phenoxy) is 1. The molecule has 1 aromatic rings. The van der Waals surface area contributed by atoms with Crippen LogP contribution in [-0.4, -0.2) is 18.8 Å². The van der Waals surface area contributed by atoms with E-state index in [0.29, 0.717) is 30.0 Å². The maximum Gasteiger partial charge on any atom is 0.305 e. The zero-order valence-corrected chi connectivity index (χ0v) is 17.5. The van der Waals surface area contributed by atoms with Gasteiger partial charge in [-0.25, -0.2) is 4.39 Å². The van der Waals surface area contributed by atoms with Crippen molar-refractivity contribution in [2.75, 3.05) is 7.11 Å². The number of aliphatic imine (C=N–C) groups is 1. The average Bonchev–Trinajstić information content (AvgIpc) is 2.69. The molecular formula is C23H34FNO2. The van der Waals surface area contributed by atoms with Crippen LogP contribution in [0.3, 0.4) is 0 Å². The highest BCUT2D eigenvalue weighted by Gasteiger charge is 2.23. The number of aryl methyl sites for hydroxylation is 1. The third-order valence-electron chi connectivity index (χ3n) is 5.07. The third kappa shape index (κ3) is 7.28. The van der Waals surface area contributed by atoms with Gasteiger partial charge in [0.1, 0.15) is 5.82 Å². The SMILES string of the molecule is C=C(N=C(CCC(=O)OC)C1CCC(C)CC1)c1ccc(F)c(C)c1.CC. The van der Waals surface area contributed by atoms with Crippen LogP contribution in [0.2, 0.25) is 0 Å². The Morgan fingerprint density at radius 1 is 1.22 bits per heavy atom. The predicted octanol–water partition coefficient (Wildman–Crippen LogP) is 6.35. The number of hydrogen-bond donors (Lipinski definition) is 0. The summed E-state index contributed by atoms with van der Waals surface area (Å²) >= 11 is 0. The Morgan fingerprint density at radius 2 is 1.85 bits per heavy atom. The lowest BCUT2D eigenvalue weighted by Gasteiger charge is -2.27. The van der Waals surface area contributed by atoms with Crippen molar-refractivity contribution < 1.29 is 13.9 Å². The molecule has 1 aliphatic carbocycles. The van der Waals surface area contributed by atoms with Crippen molar-refractivity contribution in [3.05, 3.63) is 41.7 Å². The molecule has 0 aliphatic heterocycles. The first-order valence-corrected chi connectivity index (χ1v) is 10.0. The number of rotatable bonds is 6. The van der Waals surface area contributed by atoms with Gasteiger partial charge in [0.2, 0.25) is 0 Å². The molecule has 0 amide bonds. The van der Waals surface area contributed by atoms with Crippen molar-refractivity contribution >= 4 is 17.4 Å². The number of carbonyl (C=O) groups is 1. The maximum absolute atomic E-state index is 13.5. The topological polar surface area (TPSA) is 38.7 Å². The van der Waals surface area contributed by atoms with Gasteiger partial charge in [0.15, 0.2) is 0 Å². The van der Waals surface area contributed by atoms with Crippen LogP contribution in [0, 0.1) is 24.6 Å². The van der Waals surface area contributed by atoms with E-state index in [1.807, 2.05) is 13.8 Å². The highest BCUT2D eigenvalue weighted by molar-refractivity contribution is 5.93. The third-order valence-corrected chi connectivity index (χ3v) is 5.07. The van der Waals surface area contributed by atoms with Crippen molar-refractivity contribution in [2.24, 2.45) is 16.8 Å². The minimum atomic E-state index is -0.229. The first-order valence-electron chi connectivity index (χ1n) is 10.0. The van der Waals surface area contributed by atoms with Gasteiger partial charge >= 0.3 is 5.97 Å². The van der Waals surface area contributed by atoms with Crippen molar-refractivity contribution in [3.63, 3.8) is 0 Å². The minimum Gasteiger partial charge on any atom is -0.469 e. The van der Waals surface area contributed by atoms with Gasteiger partial charge in [-0.2, -0.15) is 0 Å². The lowest BCUT2D eigenvalue weighted by Crippen LogP contribution is -2.22. The van der Waals surface area contributed by atoms with Crippen molar-refractivity contribution in [1.29, 1.82) is 0 Å². The van der Waals surface area contributed by atoms with Gasteiger partial charge in [0.05, 0.1) is 19.2 Å². The molecule has 2 rings (SSSR count). The van der Waals surface area contributed by atoms with Crippen LogP contribution in [0.5, 0.6) is 0 Å². The summed E-state index contributed by atoms with van der Waals surface area (Å²) in [6.07, 6.45) is 5.48. The molecule has 3 nitrogen and oxygen atoms in total. The molecule has 150 valence electrons. The monoisotopic (exact) mass is 375 g/mol. The average molecular weight is 376 g/mol. The van der Waals surface area contributed by atoms with E-state index >= 15 is 0 Å². The molecule has 1 fully saturated rings. The molecule has 0 bridgehead atoms. The number of nitrogens with zero attached hydrogens (tertiary/aromatic N) is 1. The zero-order chi connectivity index (χ0) is 20.4. The van der Waals surface area contributed by atoms with Crippen molar-refractivity contribution in [3.8, 4) is 0 Å². The fourth-order valence-electron chi connectivity index (χ4n) is 3.34. The number of hydrogen-bond acceptors (Lipinski definition) is 3. The van der Waals surface area contributed by atoms with Crippen LogP contribution in [0.1, 0.15) is 70.4 Å². The normalized spacial score (nSPS) is 19.7. The van der Waals surface area contributed by atoms with Gasteiger partial charge in [0, 0.05) is 5.71 Å². The second-order valence-electron chi connectivity index (χ2n) is 7.05. The molecule has 0 saturated heterocycles. The number of methoxy groups -OCH3 is 1. The molecular weight excluding hydrogens is 341 g/mol. The van der Waals surface area contributed by atoms with Gasteiger partial charge in [-0.1, -0.05) is 40.2 Å². The molecule has 0 atom stereocenters. The second-order valence-corrected chi connectivity index (χ2v) is 7.05. The largest absolute Gasteiger partial charge is 0.469 e. The van der Waals surface area contributed by atoms with Gasteiger partial charge in [0.25, 0.3) is 0 Å². The fraction of sp³-hybridized carbons (Fsp3) is 0.565. The molecule has 0 unspecified atom stereocenters. The number of carbonyl (C=O) groups excluding carboxylic acids is 1. The molecule has 0 heterocycles. The summed E-state index contributed by atoms with van der Waals surface area (Å²) in [6, 6.07) is 4.92. The lowest BCUT2D eigenvalue weighted by molar-refractivity contribution is -0.140. The summed E-state index contributed by atoms with van der Waals surface area (Å²) in [6.45, 7) is 12.1. The molecule has 1 saturated carbocycles. The quantitative estimate of drug-likeness (QED) is 0.429. The molecule has 0 spiro atoms. The number of halogens is 1. The van der Waals surface area contributed by atoms with Crippen molar-refractivity contribution in [2.45, 2.75) is 66.2 Å². The Balaban J connectivity index is 0.00000176. The number of benzene rings is 1. The first kappa shape index (κ1) is 23.1. The van der Waals surface area contributed by atoms with E-state index in [1.54, 1.807) is 19.1 Å². The zero-order valence-electron chi connectivity index (χ0n) is 17.5. The Bertz CT molecular complexity index is 658.